The van der Waals surface area contributed by atoms with Gasteiger partial charge < -0.3 is 9.47 Å². The van der Waals surface area contributed by atoms with Crippen LogP contribution in [-0.2, 0) is 4.74 Å². The van der Waals surface area contributed by atoms with Crippen LogP contribution in [0.15, 0.2) is 24.3 Å². The molecule has 0 saturated heterocycles. The first-order chi connectivity index (χ1) is 8.79. The molecule has 0 radical (unpaired) electrons. The first kappa shape index (κ1) is 14.7. The van der Waals surface area contributed by atoms with E-state index in [1.54, 1.807) is 0 Å². The highest BCUT2D eigenvalue weighted by Crippen LogP contribution is 2.19. The SMILES string of the molecule is CCCOCCC(=O)c1ccccc1OCCC. The van der Waals surface area contributed by atoms with Crippen LogP contribution in [0, 0.1) is 0 Å². The van der Waals surface area contributed by atoms with Gasteiger partial charge in [0, 0.05) is 13.0 Å². The number of benzene rings is 1. The maximum Gasteiger partial charge on any atom is 0.168 e. The molecule has 0 aliphatic rings. The molecule has 0 bridgehead atoms. The first-order valence-electron chi connectivity index (χ1n) is 6.62. The fourth-order valence-corrected chi connectivity index (χ4v) is 1.58. The van der Waals surface area contributed by atoms with E-state index >= 15 is 0 Å². The van der Waals surface area contributed by atoms with Crippen LogP contribution in [0.5, 0.6) is 5.75 Å². The number of carbonyl (C=O) groups excluding carboxylic acids is 1. The number of hydrogen-bond donors (Lipinski definition) is 0. The van der Waals surface area contributed by atoms with Gasteiger partial charge in [0.1, 0.15) is 5.75 Å². The third kappa shape index (κ3) is 4.88. The van der Waals surface area contributed by atoms with Crippen molar-refractivity contribution in [3.05, 3.63) is 29.8 Å². The Morgan fingerprint density at radius 3 is 2.50 bits per heavy atom. The van der Waals surface area contributed by atoms with Crippen molar-refractivity contribution in [2.45, 2.75) is 33.1 Å². The zero-order chi connectivity index (χ0) is 13.2. The highest BCUT2D eigenvalue weighted by molar-refractivity contribution is 5.98. The van der Waals surface area contributed by atoms with Crippen molar-refractivity contribution in [3.8, 4) is 5.75 Å². The summed E-state index contributed by atoms with van der Waals surface area (Å²) < 4.78 is 10.9. The van der Waals surface area contributed by atoms with Crippen molar-refractivity contribution in [1.82, 2.24) is 0 Å². The van der Waals surface area contributed by atoms with Gasteiger partial charge in [-0.05, 0) is 25.0 Å². The minimum atomic E-state index is 0.0813. The number of carbonyl (C=O) groups is 1. The molecular weight excluding hydrogens is 228 g/mol. The van der Waals surface area contributed by atoms with Crippen molar-refractivity contribution < 1.29 is 14.3 Å². The average Bonchev–Trinajstić information content (AvgIpc) is 2.41. The molecule has 0 fully saturated rings. The van der Waals surface area contributed by atoms with Gasteiger partial charge >= 0.3 is 0 Å². The van der Waals surface area contributed by atoms with Gasteiger partial charge in [0.05, 0.1) is 18.8 Å². The van der Waals surface area contributed by atoms with Gasteiger partial charge in [-0.1, -0.05) is 26.0 Å². The van der Waals surface area contributed by atoms with Crippen molar-refractivity contribution in [3.63, 3.8) is 0 Å². The van der Waals surface area contributed by atoms with Gasteiger partial charge in [0.25, 0.3) is 0 Å². The molecule has 0 N–H and O–H groups in total. The van der Waals surface area contributed by atoms with Gasteiger partial charge in [-0.2, -0.15) is 0 Å². The third-order valence-electron chi connectivity index (χ3n) is 2.47. The van der Waals surface area contributed by atoms with Crippen LogP contribution in [0.3, 0.4) is 0 Å². The van der Waals surface area contributed by atoms with E-state index in [2.05, 4.69) is 6.92 Å². The van der Waals surface area contributed by atoms with Gasteiger partial charge in [-0.25, -0.2) is 0 Å². The Labute approximate surface area is 109 Å². The summed E-state index contributed by atoms with van der Waals surface area (Å²) in [5.74, 6) is 0.762. The van der Waals surface area contributed by atoms with Gasteiger partial charge in [0.2, 0.25) is 0 Å². The van der Waals surface area contributed by atoms with E-state index in [0.717, 1.165) is 12.8 Å². The molecule has 0 aliphatic carbocycles. The second-order valence-electron chi connectivity index (χ2n) is 4.13. The van der Waals surface area contributed by atoms with Crippen molar-refractivity contribution in [2.75, 3.05) is 19.8 Å². The summed E-state index contributed by atoms with van der Waals surface area (Å²) in [6.45, 7) is 5.92. The normalized spacial score (nSPS) is 10.3. The topological polar surface area (TPSA) is 35.5 Å². The summed E-state index contributed by atoms with van der Waals surface area (Å²) >= 11 is 0. The van der Waals surface area contributed by atoms with Gasteiger partial charge in [-0.15, -0.1) is 0 Å². The molecule has 18 heavy (non-hydrogen) atoms. The predicted molar refractivity (Wildman–Crippen MR) is 72.3 cm³/mol. The van der Waals surface area contributed by atoms with E-state index in [1.807, 2.05) is 31.2 Å². The van der Waals surface area contributed by atoms with Crippen molar-refractivity contribution in [2.24, 2.45) is 0 Å². The average molecular weight is 250 g/mol. The largest absolute Gasteiger partial charge is 0.493 e. The fourth-order valence-electron chi connectivity index (χ4n) is 1.58. The van der Waals surface area contributed by atoms with E-state index in [1.165, 1.54) is 0 Å². The van der Waals surface area contributed by atoms with Crippen LogP contribution >= 0.6 is 0 Å². The summed E-state index contributed by atoms with van der Waals surface area (Å²) in [5, 5.41) is 0. The summed E-state index contributed by atoms with van der Waals surface area (Å²) in [6, 6.07) is 7.40. The Balaban J connectivity index is 2.55. The minimum Gasteiger partial charge on any atom is -0.493 e. The van der Waals surface area contributed by atoms with Crippen LogP contribution in [0.4, 0.5) is 0 Å². The Kier molecular flexibility index (Phi) is 7.11. The van der Waals surface area contributed by atoms with Crippen LogP contribution in [0.1, 0.15) is 43.5 Å². The molecule has 0 aromatic heterocycles. The van der Waals surface area contributed by atoms with Gasteiger partial charge in [-0.3, -0.25) is 4.79 Å². The number of Topliss-reactive ketones (excluding diaryl/α,β-unsaturated/α-hetero) is 1. The maximum atomic E-state index is 12.0. The highest BCUT2D eigenvalue weighted by atomic mass is 16.5. The number of rotatable bonds is 9. The standard InChI is InChI=1S/C15H22O3/c1-3-10-17-12-9-14(16)13-7-5-6-8-15(13)18-11-4-2/h5-8H,3-4,9-12H2,1-2H3. The number of para-hydroxylation sites is 1. The summed E-state index contributed by atoms with van der Waals surface area (Å²) in [4.78, 5) is 12.0. The van der Waals surface area contributed by atoms with Crippen LogP contribution in [0.2, 0.25) is 0 Å². The fraction of sp³-hybridized carbons (Fsp3) is 0.533. The monoisotopic (exact) mass is 250 g/mol. The number of ether oxygens (including phenoxy) is 2. The Hall–Kier alpha value is -1.35. The Morgan fingerprint density at radius 2 is 1.78 bits per heavy atom. The molecule has 0 spiro atoms. The molecule has 1 aromatic rings. The Morgan fingerprint density at radius 1 is 1.06 bits per heavy atom. The maximum absolute atomic E-state index is 12.0. The van der Waals surface area contributed by atoms with E-state index in [9.17, 15) is 4.79 Å². The minimum absolute atomic E-state index is 0.0813. The summed E-state index contributed by atoms with van der Waals surface area (Å²) in [7, 11) is 0. The second kappa shape index (κ2) is 8.70. The molecule has 0 amide bonds. The lowest BCUT2D eigenvalue weighted by atomic mass is 10.1. The Bertz CT molecular complexity index is 361. The lowest BCUT2D eigenvalue weighted by Gasteiger charge is -2.10. The lowest BCUT2D eigenvalue weighted by Crippen LogP contribution is -2.08. The number of ketones is 1. The number of hydrogen-bond acceptors (Lipinski definition) is 3. The van der Waals surface area contributed by atoms with Gasteiger partial charge in [0.15, 0.2) is 5.78 Å². The molecule has 0 saturated carbocycles. The highest BCUT2D eigenvalue weighted by Gasteiger charge is 2.11. The molecular formula is C15H22O3. The molecule has 0 unspecified atom stereocenters. The molecule has 1 rings (SSSR count). The van der Waals surface area contributed by atoms with E-state index < -0.39 is 0 Å². The second-order valence-corrected chi connectivity index (χ2v) is 4.13. The molecule has 3 heteroatoms. The zero-order valence-electron chi connectivity index (χ0n) is 11.3. The van der Waals surface area contributed by atoms with Crippen LogP contribution in [-0.4, -0.2) is 25.6 Å². The van der Waals surface area contributed by atoms with E-state index in [4.69, 9.17) is 9.47 Å². The van der Waals surface area contributed by atoms with Crippen molar-refractivity contribution >= 4 is 5.78 Å². The van der Waals surface area contributed by atoms with Crippen LogP contribution < -0.4 is 4.74 Å². The molecule has 0 heterocycles. The zero-order valence-corrected chi connectivity index (χ0v) is 11.3. The van der Waals surface area contributed by atoms with E-state index in [-0.39, 0.29) is 5.78 Å². The van der Waals surface area contributed by atoms with E-state index in [0.29, 0.717) is 37.6 Å². The molecule has 3 nitrogen and oxygen atoms in total. The molecule has 0 aliphatic heterocycles. The quantitative estimate of drug-likeness (QED) is 0.497. The summed E-state index contributed by atoms with van der Waals surface area (Å²) in [6.07, 6.45) is 2.32. The predicted octanol–water partition coefficient (Wildman–Crippen LogP) is 3.47. The molecule has 0 atom stereocenters. The summed E-state index contributed by atoms with van der Waals surface area (Å²) in [5.41, 5.74) is 0.658. The molecule has 1 aromatic carbocycles. The lowest BCUT2D eigenvalue weighted by molar-refractivity contribution is 0.0875. The smallest absolute Gasteiger partial charge is 0.168 e. The first-order valence-corrected chi connectivity index (χ1v) is 6.62. The van der Waals surface area contributed by atoms with Crippen LogP contribution in [0.25, 0.3) is 0 Å². The van der Waals surface area contributed by atoms with Crippen molar-refractivity contribution in [1.29, 1.82) is 0 Å². The molecule has 100 valence electrons. The third-order valence-corrected chi connectivity index (χ3v) is 2.47.